The molecule has 100 valence electrons. The fraction of sp³-hybridized carbons (Fsp3) is 0.417. The van der Waals surface area contributed by atoms with Gasteiger partial charge in [0.2, 0.25) is 0 Å². The van der Waals surface area contributed by atoms with E-state index in [1.54, 1.807) is 6.07 Å². The van der Waals surface area contributed by atoms with Crippen molar-refractivity contribution in [3.8, 4) is 6.07 Å². The molecule has 2 aromatic heterocycles. The molecule has 0 aliphatic heterocycles. The molecule has 0 atom stereocenters. The SMILES string of the molecule is CC(C)(C)c1cc2nc(C(F)(F)F)cc(C#N)n2n1. The minimum atomic E-state index is -4.58. The summed E-state index contributed by atoms with van der Waals surface area (Å²) in [4.78, 5) is 3.51. The van der Waals surface area contributed by atoms with Crippen LogP contribution in [0.1, 0.15) is 37.9 Å². The average molecular weight is 268 g/mol. The monoisotopic (exact) mass is 268 g/mol. The van der Waals surface area contributed by atoms with Gasteiger partial charge in [0, 0.05) is 17.5 Å². The Labute approximate surface area is 107 Å². The van der Waals surface area contributed by atoms with Gasteiger partial charge in [0.25, 0.3) is 0 Å². The van der Waals surface area contributed by atoms with E-state index in [-0.39, 0.29) is 16.8 Å². The number of halogens is 3. The smallest absolute Gasteiger partial charge is 0.224 e. The number of hydrogen-bond donors (Lipinski definition) is 0. The van der Waals surface area contributed by atoms with E-state index < -0.39 is 11.9 Å². The Balaban J connectivity index is 2.75. The molecular weight excluding hydrogens is 257 g/mol. The minimum Gasteiger partial charge on any atom is -0.224 e. The topological polar surface area (TPSA) is 54.0 Å². The first kappa shape index (κ1) is 13.3. The van der Waals surface area contributed by atoms with Gasteiger partial charge in [0.15, 0.2) is 5.65 Å². The zero-order valence-electron chi connectivity index (χ0n) is 10.6. The third-order valence-electron chi connectivity index (χ3n) is 2.60. The predicted molar refractivity (Wildman–Crippen MR) is 61.4 cm³/mol. The van der Waals surface area contributed by atoms with Gasteiger partial charge in [0.1, 0.15) is 17.5 Å². The summed E-state index contributed by atoms with van der Waals surface area (Å²) < 4.78 is 39.1. The zero-order valence-corrected chi connectivity index (χ0v) is 10.6. The minimum absolute atomic E-state index is 0.0244. The molecule has 0 saturated heterocycles. The molecule has 2 rings (SSSR count). The second-order valence-corrected chi connectivity index (χ2v) is 5.19. The molecule has 2 aromatic rings. The second kappa shape index (κ2) is 3.95. The van der Waals surface area contributed by atoms with E-state index in [0.29, 0.717) is 11.8 Å². The van der Waals surface area contributed by atoms with Crippen molar-refractivity contribution in [2.45, 2.75) is 32.4 Å². The maximum absolute atomic E-state index is 12.7. The lowest BCUT2D eigenvalue weighted by Gasteiger charge is -2.13. The third-order valence-corrected chi connectivity index (χ3v) is 2.60. The van der Waals surface area contributed by atoms with Crippen molar-refractivity contribution in [1.29, 1.82) is 5.26 Å². The molecule has 0 aliphatic carbocycles. The molecular formula is C12H11F3N4. The van der Waals surface area contributed by atoms with Crippen LogP contribution in [0.3, 0.4) is 0 Å². The number of nitriles is 1. The van der Waals surface area contributed by atoms with E-state index in [1.807, 2.05) is 20.8 Å². The molecule has 4 nitrogen and oxygen atoms in total. The highest BCUT2D eigenvalue weighted by atomic mass is 19.4. The van der Waals surface area contributed by atoms with Gasteiger partial charge < -0.3 is 0 Å². The van der Waals surface area contributed by atoms with Gasteiger partial charge in [-0.25, -0.2) is 9.50 Å². The lowest BCUT2D eigenvalue weighted by molar-refractivity contribution is -0.141. The fourth-order valence-corrected chi connectivity index (χ4v) is 1.57. The number of hydrogen-bond acceptors (Lipinski definition) is 3. The van der Waals surface area contributed by atoms with Crippen LogP contribution in [-0.2, 0) is 11.6 Å². The van der Waals surface area contributed by atoms with Gasteiger partial charge in [-0.3, -0.25) is 0 Å². The highest BCUT2D eigenvalue weighted by molar-refractivity contribution is 5.46. The number of fused-ring (bicyclic) bond motifs is 1. The number of alkyl halides is 3. The molecule has 0 radical (unpaired) electrons. The second-order valence-electron chi connectivity index (χ2n) is 5.19. The molecule has 0 spiro atoms. The molecule has 19 heavy (non-hydrogen) atoms. The predicted octanol–water partition coefficient (Wildman–Crippen LogP) is 2.92. The Morgan fingerprint density at radius 3 is 2.26 bits per heavy atom. The molecule has 0 N–H and O–H groups in total. The Kier molecular flexibility index (Phi) is 2.77. The molecule has 0 unspecified atom stereocenters. The van der Waals surface area contributed by atoms with Gasteiger partial charge >= 0.3 is 6.18 Å². The van der Waals surface area contributed by atoms with Crippen LogP contribution in [0.25, 0.3) is 5.65 Å². The standard InChI is InChI=1S/C12H11F3N4/c1-11(2,3)8-5-10-17-9(12(13,14)15)4-7(6-16)19(10)18-8/h4-5H,1-3H3. The summed E-state index contributed by atoms with van der Waals surface area (Å²) in [6.07, 6.45) is -4.58. The third kappa shape index (κ3) is 2.38. The first-order valence-electron chi connectivity index (χ1n) is 5.51. The summed E-state index contributed by atoms with van der Waals surface area (Å²) in [5.41, 5.74) is -1.00. The van der Waals surface area contributed by atoms with Crippen LogP contribution in [0.5, 0.6) is 0 Å². The number of aromatic nitrogens is 3. The van der Waals surface area contributed by atoms with Crippen molar-refractivity contribution >= 4 is 5.65 Å². The van der Waals surface area contributed by atoms with Crippen LogP contribution in [0.4, 0.5) is 13.2 Å². The Bertz CT molecular complexity index is 671. The Hall–Kier alpha value is -2.10. The molecule has 0 amide bonds. The van der Waals surface area contributed by atoms with Crippen molar-refractivity contribution in [2.75, 3.05) is 0 Å². The molecule has 0 fully saturated rings. The van der Waals surface area contributed by atoms with Crippen molar-refractivity contribution < 1.29 is 13.2 Å². The van der Waals surface area contributed by atoms with Gasteiger partial charge in [-0.05, 0) is 0 Å². The average Bonchev–Trinajstić information content (AvgIpc) is 2.69. The Morgan fingerprint density at radius 1 is 1.16 bits per heavy atom. The molecule has 7 heteroatoms. The van der Waals surface area contributed by atoms with Gasteiger partial charge in [-0.1, -0.05) is 20.8 Å². The summed E-state index contributed by atoms with van der Waals surface area (Å²) in [5, 5.41) is 13.1. The Morgan fingerprint density at radius 2 is 1.79 bits per heavy atom. The molecule has 0 aromatic carbocycles. The summed E-state index contributed by atoms with van der Waals surface area (Å²) in [6, 6.07) is 3.88. The van der Waals surface area contributed by atoms with Gasteiger partial charge in [-0.15, -0.1) is 0 Å². The molecule has 0 aliphatic rings. The summed E-state index contributed by atoms with van der Waals surface area (Å²) in [6.45, 7) is 5.64. The normalized spacial score (nSPS) is 12.7. The van der Waals surface area contributed by atoms with Crippen molar-refractivity contribution in [3.05, 3.63) is 29.2 Å². The molecule has 0 saturated carbocycles. The number of rotatable bonds is 0. The van der Waals surface area contributed by atoms with Crippen LogP contribution in [0.15, 0.2) is 12.1 Å². The van der Waals surface area contributed by atoms with E-state index in [0.717, 1.165) is 4.52 Å². The van der Waals surface area contributed by atoms with Gasteiger partial charge in [0.05, 0.1) is 5.69 Å². The van der Waals surface area contributed by atoms with Crippen LogP contribution in [0, 0.1) is 11.3 Å². The van der Waals surface area contributed by atoms with E-state index in [1.165, 1.54) is 6.07 Å². The molecule has 2 heterocycles. The van der Waals surface area contributed by atoms with Crippen molar-refractivity contribution in [2.24, 2.45) is 0 Å². The molecule has 0 bridgehead atoms. The van der Waals surface area contributed by atoms with Crippen molar-refractivity contribution in [3.63, 3.8) is 0 Å². The lowest BCUT2D eigenvalue weighted by Crippen LogP contribution is -2.12. The first-order valence-corrected chi connectivity index (χ1v) is 5.51. The maximum Gasteiger partial charge on any atom is 0.433 e. The largest absolute Gasteiger partial charge is 0.433 e. The first-order chi connectivity index (χ1) is 8.63. The van der Waals surface area contributed by atoms with Crippen LogP contribution >= 0.6 is 0 Å². The summed E-state index contributed by atoms with van der Waals surface area (Å²) in [7, 11) is 0. The summed E-state index contributed by atoms with van der Waals surface area (Å²) >= 11 is 0. The fourth-order valence-electron chi connectivity index (χ4n) is 1.57. The van der Waals surface area contributed by atoms with Crippen molar-refractivity contribution in [1.82, 2.24) is 14.6 Å². The summed E-state index contributed by atoms with van der Waals surface area (Å²) in [5.74, 6) is 0. The van der Waals surface area contributed by atoms with E-state index in [9.17, 15) is 13.2 Å². The van der Waals surface area contributed by atoms with Gasteiger partial charge in [-0.2, -0.15) is 23.5 Å². The van der Waals surface area contributed by atoms with E-state index in [4.69, 9.17) is 5.26 Å². The highest BCUT2D eigenvalue weighted by Gasteiger charge is 2.34. The maximum atomic E-state index is 12.7. The quantitative estimate of drug-likeness (QED) is 0.738. The van der Waals surface area contributed by atoms with Crippen LogP contribution in [0.2, 0.25) is 0 Å². The van der Waals surface area contributed by atoms with Crippen LogP contribution in [-0.4, -0.2) is 14.6 Å². The van der Waals surface area contributed by atoms with E-state index >= 15 is 0 Å². The number of nitrogens with zero attached hydrogens (tertiary/aromatic N) is 4. The lowest BCUT2D eigenvalue weighted by atomic mass is 9.93. The van der Waals surface area contributed by atoms with Crippen LogP contribution < -0.4 is 0 Å². The zero-order chi connectivity index (χ0) is 14.4. The highest BCUT2D eigenvalue weighted by Crippen LogP contribution is 2.29. The van der Waals surface area contributed by atoms with E-state index in [2.05, 4.69) is 10.1 Å².